The highest BCUT2D eigenvalue weighted by Gasteiger charge is 2.32. The number of amides is 1. The Kier molecular flexibility index (Phi) is 4.87. The molecule has 0 unspecified atom stereocenters. The number of carbonyl (C=O) groups excluding carboxylic acids is 1. The van der Waals surface area contributed by atoms with Gasteiger partial charge in [-0.2, -0.15) is 13.2 Å². The minimum Gasteiger partial charge on any atom is -0.372 e. The first kappa shape index (κ1) is 15.8. The van der Waals surface area contributed by atoms with Gasteiger partial charge in [0.05, 0.1) is 24.8 Å². The molecule has 0 N–H and O–H groups in total. The number of rotatable bonds is 5. The van der Waals surface area contributed by atoms with Gasteiger partial charge in [0.1, 0.15) is 6.61 Å². The lowest BCUT2D eigenvalue weighted by Crippen LogP contribution is -2.31. The minimum absolute atomic E-state index is 0.0697. The Morgan fingerprint density at radius 3 is 2.95 bits per heavy atom. The Hall–Kier alpha value is -1.57. The minimum atomic E-state index is -4.36. The Labute approximate surface area is 120 Å². The average molecular weight is 306 g/mol. The van der Waals surface area contributed by atoms with Gasteiger partial charge in [0.25, 0.3) is 0 Å². The second-order valence-corrected chi connectivity index (χ2v) is 5.03. The summed E-state index contributed by atoms with van der Waals surface area (Å²) in [6.45, 7) is 0.795. The number of aromatic nitrogens is 1. The molecule has 1 fully saturated rings. The fraction of sp³-hybridized carbons (Fsp3) is 0.692. The van der Waals surface area contributed by atoms with Crippen LogP contribution in [-0.4, -0.2) is 41.9 Å². The van der Waals surface area contributed by atoms with Crippen molar-refractivity contribution in [2.75, 3.05) is 19.8 Å². The van der Waals surface area contributed by atoms with Crippen LogP contribution in [0.3, 0.4) is 0 Å². The SMILES string of the molecule is Cc1cc([C@@H]2CCCN2C(=O)CCOCC(F)(F)F)on1. The molecule has 2 heterocycles. The van der Waals surface area contributed by atoms with Gasteiger partial charge >= 0.3 is 6.18 Å². The largest absolute Gasteiger partial charge is 0.411 e. The molecule has 1 atom stereocenters. The number of likely N-dealkylation sites (tertiary alicyclic amines) is 1. The van der Waals surface area contributed by atoms with E-state index in [9.17, 15) is 18.0 Å². The molecule has 1 saturated heterocycles. The molecule has 0 saturated carbocycles. The fourth-order valence-electron chi connectivity index (χ4n) is 2.39. The highest BCUT2D eigenvalue weighted by atomic mass is 19.4. The van der Waals surface area contributed by atoms with Gasteiger partial charge in [0.15, 0.2) is 5.76 Å². The standard InChI is InChI=1S/C13H17F3N2O3/c1-9-7-11(21-17-9)10-3-2-5-18(10)12(19)4-6-20-8-13(14,15)16/h7,10H,2-6,8H2,1H3/t10-/m0/s1. The quantitative estimate of drug-likeness (QED) is 0.785. The summed E-state index contributed by atoms with van der Waals surface area (Å²) in [5.41, 5.74) is 0.734. The summed E-state index contributed by atoms with van der Waals surface area (Å²) in [6, 6.07) is 1.59. The van der Waals surface area contributed by atoms with E-state index >= 15 is 0 Å². The molecule has 0 aromatic carbocycles. The highest BCUT2D eigenvalue weighted by molar-refractivity contribution is 5.77. The van der Waals surface area contributed by atoms with Gasteiger partial charge in [-0.1, -0.05) is 5.16 Å². The fourth-order valence-corrected chi connectivity index (χ4v) is 2.39. The van der Waals surface area contributed by atoms with Crippen LogP contribution in [0.1, 0.15) is 36.8 Å². The summed E-state index contributed by atoms with van der Waals surface area (Å²) in [5, 5.41) is 3.79. The van der Waals surface area contributed by atoms with Crippen molar-refractivity contribution in [2.24, 2.45) is 0 Å². The molecular weight excluding hydrogens is 289 g/mol. The molecule has 0 radical (unpaired) electrons. The Balaban J connectivity index is 1.84. The highest BCUT2D eigenvalue weighted by Crippen LogP contribution is 2.32. The van der Waals surface area contributed by atoms with Crippen LogP contribution in [0.4, 0.5) is 13.2 Å². The Bertz CT molecular complexity index is 487. The van der Waals surface area contributed by atoms with Gasteiger partial charge in [-0.25, -0.2) is 0 Å². The van der Waals surface area contributed by atoms with Crippen molar-refractivity contribution in [3.63, 3.8) is 0 Å². The molecule has 1 aliphatic rings. The van der Waals surface area contributed by atoms with Crippen molar-refractivity contribution in [1.29, 1.82) is 0 Å². The van der Waals surface area contributed by atoms with Crippen molar-refractivity contribution < 1.29 is 27.2 Å². The zero-order valence-corrected chi connectivity index (χ0v) is 11.7. The van der Waals surface area contributed by atoms with Crippen LogP contribution in [0, 0.1) is 6.92 Å². The van der Waals surface area contributed by atoms with E-state index in [-0.39, 0.29) is 25.0 Å². The molecule has 21 heavy (non-hydrogen) atoms. The van der Waals surface area contributed by atoms with Crippen LogP contribution in [0.15, 0.2) is 10.6 Å². The predicted octanol–water partition coefficient (Wildman–Crippen LogP) is 2.62. The van der Waals surface area contributed by atoms with Gasteiger partial charge < -0.3 is 14.2 Å². The van der Waals surface area contributed by atoms with Gasteiger partial charge in [-0.05, 0) is 19.8 Å². The molecule has 8 heteroatoms. The number of carbonyl (C=O) groups is 1. The molecule has 118 valence electrons. The lowest BCUT2D eigenvalue weighted by molar-refractivity contribution is -0.175. The Morgan fingerprint density at radius 2 is 2.33 bits per heavy atom. The second kappa shape index (κ2) is 6.46. The molecule has 1 aromatic heterocycles. The van der Waals surface area contributed by atoms with Crippen LogP contribution < -0.4 is 0 Å². The van der Waals surface area contributed by atoms with E-state index in [1.54, 1.807) is 17.9 Å². The van der Waals surface area contributed by atoms with E-state index in [4.69, 9.17) is 4.52 Å². The molecule has 0 aliphatic carbocycles. The number of nitrogens with zero attached hydrogens (tertiary/aromatic N) is 2. The number of hydrogen-bond donors (Lipinski definition) is 0. The topological polar surface area (TPSA) is 55.6 Å². The zero-order chi connectivity index (χ0) is 15.5. The lowest BCUT2D eigenvalue weighted by atomic mass is 10.1. The van der Waals surface area contributed by atoms with Crippen molar-refractivity contribution in [1.82, 2.24) is 10.1 Å². The van der Waals surface area contributed by atoms with Gasteiger partial charge in [-0.15, -0.1) is 0 Å². The van der Waals surface area contributed by atoms with Crippen molar-refractivity contribution in [2.45, 2.75) is 38.4 Å². The molecular formula is C13H17F3N2O3. The van der Waals surface area contributed by atoms with E-state index in [0.29, 0.717) is 12.3 Å². The van der Waals surface area contributed by atoms with Gasteiger partial charge in [0, 0.05) is 12.6 Å². The summed E-state index contributed by atoms with van der Waals surface area (Å²) in [6.07, 6.45) is -2.83. The summed E-state index contributed by atoms with van der Waals surface area (Å²) in [7, 11) is 0. The normalized spacial score (nSPS) is 19.2. The molecule has 2 rings (SSSR count). The van der Waals surface area contributed by atoms with Gasteiger partial charge in [-0.3, -0.25) is 4.79 Å². The van der Waals surface area contributed by atoms with E-state index in [2.05, 4.69) is 9.89 Å². The first-order valence-electron chi connectivity index (χ1n) is 6.74. The maximum absolute atomic E-state index is 12.1. The third kappa shape index (κ3) is 4.45. The molecule has 1 amide bonds. The molecule has 1 aromatic rings. The van der Waals surface area contributed by atoms with Crippen molar-refractivity contribution in [3.05, 3.63) is 17.5 Å². The van der Waals surface area contributed by atoms with Crippen LogP contribution in [0.5, 0.6) is 0 Å². The lowest BCUT2D eigenvalue weighted by Gasteiger charge is -2.22. The van der Waals surface area contributed by atoms with Crippen LogP contribution in [-0.2, 0) is 9.53 Å². The smallest absolute Gasteiger partial charge is 0.372 e. The van der Waals surface area contributed by atoms with Crippen LogP contribution in [0.25, 0.3) is 0 Å². The number of ether oxygens (including phenoxy) is 1. The van der Waals surface area contributed by atoms with E-state index in [0.717, 1.165) is 18.5 Å². The predicted molar refractivity (Wildman–Crippen MR) is 66.4 cm³/mol. The molecule has 0 bridgehead atoms. The summed E-state index contributed by atoms with van der Waals surface area (Å²) in [4.78, 5) is 13.7. The Morgan fingerprint density at radius 1 is 1.57 bits per heavy atom. The van der Waals surface area contributed by atoms with E-state index < -0.39 is 12.8 Å². The maximum atomic E-state index is 12.1. The summed E-state index contributed by atoms with van der Waals surface area (Å²) in [5.74, 6) is 0.392. The third-order valence-corrected chi connectivity index (χ3v) is 3.27. The number of halogens is 3. The number of alkyl halides is 3. The summed E-state index contributed by atoms with van der Waals surface area (Å²) < 4.78 is 45.4. The van der Waals surface area contributed by atoms with Crippen molar-refractivity contribution >= 4 is 5.91 Å². The van der Waals surface area contributed by atoms with Crippen LogP contribution in [0.2, 0.25) is 0 Å². The van der Waals surface area contributed by atoms with Gasteiger partial charge in [0.2, 0.25) is 5.91 Å². The van der Waals surface area contributed by atoms with E-state index in [1.165, 1.54) is 0 Å². The monoisotopic (exact) mass is 306 g/mol. The second-order valence-electron chi connectivity index (χ2n) is 5.03. The molecule has 0 spiro atoms. The number of aryl methyl sites for hydroxylation is 1. The maximum Gasteiger partial charge on any atom is 0.411 e. The summed E-state index contributed by atoms with van der Waals surface area (Å²) >= 11 is 0. The third-order valence-electron chi connectivity index (χ3n) is 3.27. The van der Waals surface area contributed by atoms with Crippen molar-refractivity contribution in [3.8, 4) is 0 Å². The molecule has 1 aliphatic heterocycles. The van der Waals surface area contributed by atoms with E-state index in [1.807, 2.05) is 0 Å². The average Bonchev–Trinajstić information content (AvgIpc) is 3.01. The van der Waals surface area contributed by atoms with Crippen LogP contribution >= 0.6 is 0 Å². The first-order chi connectivity index (χ1) is 9.87. The first-order valence-corrected chi connectivity index (χ1v) is 6.74. The molecule has 5 nitrogen and oxygen atoms in total. The zero-order valence-electron chi connectivity index (χ0n) is 11.7. The number of hydrogen-bond acceptors (Lipinski definition) is 4.